The third kappa shape index (κ3) is 5.59. The molecule has 31 heavy (non-hydrogen) atoms. The Morgan fingerprint density at radius 3 is 2.39 bits per heavy atom. The number of hydrogen-bond acceptors (Lipinski definition) is 2. The zero-order chi connectivity index (χ0) is 22.6. The molecule has 1 unspecified atom stereocenters. The van der Waals surface area contributed by atoms with Crippen LogP contribution in [-0.2, 0) is 11.2 Å². The minimum Gasteiger partial charge on any atom is -0.287 e. The summed E-state index contributed by atoms with van der Waals surface area (Å²) in [6.45, 7) is 5.52. The average molecular weight is 435 g/mol. The second-order valence-electron chi connectivity index (χ2n) is 9.32. The maximum absolute atomic E-state index is 14.2. The molecule has 1 aliphatic heterocycles. The van der Waals surface area contributed by atoms with Crippen molar-refractivity contribution >= 4 is 16.7 Å². The molecule has 6 heteroatoms. The van der Waals surface area contributed by atoms with Crippen LogP contribution in [0.2, 0.25) is 0 Å². The fourth-order valence-corrected chi connectivity index (χ4v) is 4.40. The number of fused-ring (bicyclic) bond motifs is 1. The van der Waals surface area contributed by atoms with Gasteiger partial charge in [-0.15, -0.1) is 0 Å². The maximum Gasteiger partial charge on any atom is 0.409 e. The zero-order valence-electron chi connectivity index (χ0n) is 18.7. The Labute approximate surface area is 183 Å². The van der Waals surface area contributed by atoms with Gasteiger partial charge in [0.1, 0.15) is 6.04 Å². The van der Waals surface area contributed by atoms with Crippen molar-refractivity contribution in [2.45, 2.75) is 77.9 Å². The summed E-state index contributed by atoms with van der Waals surface area (Å²) in [6, 6.07) is 9.07. The van der Waals surface area contributed by atoms with Gasteiger partial charge in [-0.3, -0.25) is 10.2 Å². The monoisotopic (exact) mass is 434 g/mol. The van der Waals surface area contributed by atoms with Crippen LogP contribution >= 0.6 is 0 Å². The summed E-state index contributed by atoms with van der Waals surface area (Å²) < 4.78 is 42.6. The summed E-state index contributed by atoms with van der Waals surface area (Å²) in [5, 5.41) is 2.87. The van der Waals surface area contributed by atoms with Crippen LogP contribution in [0.5, 0.6) is 0 Å². The van der Waals surface area contributed by atoms with Crippen molar-refractivity contribution in [3.05, 3.63) is 47.5 Å². The number of hydrogen-bond donors (Lipinski definition) is 1. The van der Waals surface area contributed by atoms with Crippen LogP contribution in [0.25, 0.3) is 10.8 Å². The van der Waals surface area contributed by atoms with E-state index >= 15 is 0 Å². The predicted octanol–water partition coefficient (Wildman–Crippen LogP) is 6.72. The van der Waals surface area contributed by atoms with Gasteiger partial charge in [0.05, 0.1) is 5.41 Å². The molecule has 3 rings (SSSR count). The Morgan fingerprint density at radius 1 is 1.06 bits per heavy atom. The van der Waals surface area contributed by atoms with E-state index in [9.17, 15) is 18.0 Å². The molecule has 1 atom stereocenters. The Hall–Kier alpha value is -2.08. The summed E-state index contributed by atoms with van der Waals surface area (Å²) >= 11 is 0. The van der Waals surface area contributed by atoms with Crippen LogP contribution in [0, 0.1) is 5.41 Å². The van der Waals surface area contributed by atoms with Gasteiger partial charge in [0.2, 0.25) is 5.91 Å². The molecule has 1 amide bonds. The molecule has 3 nitrogen and oxygen atoms in total. The fraction of sp³-hybridized carbons (Fsp3) is 0.560. The van der Waals surface area contributed by atoms with E-state index in [1.165, 1.54) is 19.3 Å². The average Bonchev–Trinajstić information content (AvgIpc) is 2.95. The second-order valence-corrected chi connectivity index (χ2v) is 9.32. The van der Waals surface area contributed by atoms with Gasteiger partial charge < -0.3 is 0 Å². The number of rotatable bonds is 9. The molecule has 1 aliphatic rings. The van der Waals surface area contributed by atoms with Gasteiger partial charge in [0.25, 0.3) is 0 Å². The number of carbonyl (C=O) groups excluding carboxylic acids is 1. The Balaban J connectivity index is 1.91. The topological polar surface area (TPSA) is 32.3 Å². The van der Waals surface area contributed by atoms with E-state index in [1.54, 1.807) is 26.0 Å². The lowest BCUT2D eigenvalue weighted by Gasteiger charge is -2.30. The van der Waals surface area contributed by atoms with Crippen LogP contribution in [0.1, 0.15) is 76.5 Å². The van der Waals surface area contributed by atoms with E-state index in [1.807, 2.05) is 24.3 Å². The first-order valence-electron chi connectivity index (χ1n) is 11.3. The minimum absolute atomic E-state index is 0.00952. The Morgan fingerprint density at radius 2 is 1.74 bits per heavy atom. The number of amides is 1. The number of nitrogens with one attached hydrogen (secondary N) is 1. The van der Waals surface area contributed by atoms with E-state index in [2.05, 4.69) is 12.3 Å². The molecule has 1 fully saturated rings. The van der Waals surface area contributed by atoms with E-state index in [-0.39, 0.29) is 18.0 Å². The van der Waals surface area contributed by atoms with E-state index < -0.39 is 17.6 Å². The van der Waals surface area contributed by atoms with E-state index in [0.29, 0.717) is 0 Å². The third-order valence-corrected chi connectivity index (χ3v) is 6.13. The largest absolute Gasteiger partial charge is 0.409 e. The van der Waals surface area contributed by atoms with Crippen molar-refractivity contribution in [2.75, 3.05) is 6.54 Å². The number of carbonyl (C=O) groups is 1. The van der Waals surface area contributed by atoms with Crippen LogP contribution in [0.4, 0.5) is 13.2 Å². The summed E-state index contributed by atoms with van der Waals surface area (Å²) in [5.41, 5.74) is 2.74. The number of halogens is 3. The molecule has 0 bridgehead atoms. The molecule has 1 saturated heterocycles. The standard InChI is InChI=1S/C25H33F3N2O/c1-4-5-6-7-8-9-12-18-15-20(16-19-13-10-11-14-21(18)19)22(25(26,27)28)30-17-24(2,3)23(31)29-30/h10-11,13-16,22H,4-9,12,17H2,1-3H3,(H,29,31). The Kier molecular flexibility index (Phi) is 7.30. The minimum atomic E-state index is -4.51. The normalized spacial score (nSPS) is 17.8. The molecule has 0 aromatic heterocycles. The molecule has 2 aromatic rings. The molecule has 170 valence electrons. The lowest BCUT2D eigenvalue weighted by molar-refractivity contribution is -0.191. The Bertz CT molecular complexity index is 907. The van der Waals surface area contributed by atoms with Crippen LogP contribution in [0.3, 0.4) is 0 Å². The quantitative estimate of drug-likeness (QED) is 0.444. The lowest BCUT2D eigenvalue weighted by Crippen LogP contribution is -2.43. The number of hydrazine groups is 1. The van der Waals surface area contributed by atoms with Crippen molar-refractivity contribution in [2.24, 2.45) is 5.41 Å². The number of aryl methyl sites for hydroxylation is 1. The molecule has 1 N–H and O–H groups in total. The van der Waals surface area contributed by atoms with Gasteiger partial charge in [-0.2, -0.15) is 13.2 Å². The van der Waals surface area contributed by atoms with Crippen molar-refractivity contribution in [3.63, 3.8) is 0 Å². The highest BCUT2D eigenvalue weighted by Crippen LogP contribution is 2.42. The van der Waals surface area contributed by atoms with Crippen molar-refractivity contribution in [3.8, 4) is 0 Å². The summed E-state index contributed by atoms with van der Waals surface area (Å²) in [5.74, 6) is -0.380. The van der Waals surface area contributed by atoms with Crippen LogP contribution < -0.4 is 5.43 Å². The number of unbranched alkanes of at least 4 members (excludes halogenated alkanes) is 5. The van der Waals surface area contributed by atoms with Crippen LogP contribution in [-0.4, -0.2) is 23.6 Å². The van der Waals surface area contributed by atoms with Crippen LogP contribution in [0.15, 0.2) is 36.4 Å². The molecular formula is C25H33F3N2O. The first kappa shape index (κ1) is 23.6. The van der Waals surface area contributed by atoms with Crippen molar-refractivity contribution in [1.82, 2.24) is 10.4 Å². The zero-order valence-corrected chi connectivity index (χ0v) is 18.7. The highest BCUT2D eigenvalue weighted by Gasteiger charge is 2.51. The molecule has 0 spiro atoms. The first-order chi connectivity index (χ1) is 14.6. The molecular weight excluding hydrogens is 401 g/mol. The number of benzene rings is 2. The third-order valence-electron chi connectivity index (χ3n) is 6.13. The predicted molar refractivity (Wildman–Crippen MR) is 118 cm³/mol. The van der Waals surface area contributed by atoms with Gasteiger partial charge in [-0.25, -0.2) is 5.01 Å². The molecule has 1 heterocycles. The SMILES string of the molecule is CCCCCCCCc1cc(C(N2CC(C)(C)C(=O)N2)C(F)(F)F)cc2ccccc12. The summed E-state index contributed by atoms with van der Waals surface area (Å²) in [4.78, 5) is 12.2. The fourth-order valence-electron chi connectivity index (χ4n) is 4.40. The summed E-state index contributed by atoms with van der Waals surface area (Å²) in [6.07, 6.45) is 3.07. The van der Waals surface area contributed by atoms with Crippen molar-refractivity contribution < 1.29 is 18.0 Å². The lowest BCUT2D eigenvalue weighted by atomic mass is 9.92. The van der Waals surface area contributed by atoms with Gasteiger partial charge in [-0.1, -0.05) is 69.4 Å². The highest BCUT2D eigenvalue weighted by molar-refractivity contribution is 5.87. The molecule has 2 aromatic carbocycles. The highest BCUT2D eigenvalue weighted by atomic mass is 19.4. The van der Waals surface area contributed by atoms with Gasteiger partial charge in [0.15, 0.2) is 0 Å². The van der Waals surface area contributed by atoms with E-state index in [4.69, 9.17) is 0 Å². The molecule has 0 aliphatic carbocycles. The number of alkyl halides is 3. The van der Waals surface area contributed by atoms with Gasteiger partial charge in [0, 0.05) is 6.54 Å². The van der Waals surface area contributed by atoms with Gasteiger partial charge >= 0.3 is 6.18 Å². The molecule has 0 saturated carbocycles. The second kappa shape index (κ2) is 9.60. The summed E-state index contributed by atoms with van der Waals surface area (Å²) in [7, 11) is 0. The smallest absolute Gasteiger partial charge is 0.287 e. The van der Waals surface area contributed by atoms with Crippen molar-refractivity contribution in [1.29, 1.82) is 0 Å². The number of nitrogens with zero attached hydrogens (tertiary/aromatic N) is 1. The van der Waals surface area contributed by atoms with E-state index in [0.717, 1.165) is 47.0 Å². The molecule has 0 radical (unpaired) electrons. The van der Waals surface area contributed by atoms with Gasteiger partial charge in [-0.05, 0) is 54.7 Å². The first-order valence-corrected chi connectivity index (χ1v) is 11.3. The maximum atomic E-state index is 14.2.